The molecular weight excluding hydrogens is 747 g/mol. The number of hydrogen-bond acceptors (Lipinski definition) is 1. The van der Waals surface area contributed by atoms with E-state index >= 15 is 0 Å². The van der Waals surface area contributed by atoms with Crippen LogP contribution in [-0.4, -0.2) is 0 Å². The fourth-order valence-electron chi connectivity index (χ4n) is 9.81. The second kappa shape index (κ2) is 16.3. The molecule has 1 aliphatic carbocycles. The van der Waals surface area contributed by atoms with E-state index in [-0.39, 0.29) is 5.41 Å². The lowest BCUT2D eigenvalue weighted by atomic mass is 9.82. The molecule has 0 heterocycles. The molecule has 9 aromatic rings. The van der Waals surface area contributed by atoms with E-state index in [1.54, 1.807) is 0 Å². The van der Waals surface area contributed by atoms with Crippen molar-refractivity contribution in [3.05, 3.63) is 235 Å². The van der Waals surface area contributed by atoms with Gasteiger partial charge in [0.1, 0.15) is 0 Å². The Hall–Kier alpha value is -7.22. The maximum Gasteiger partial charge on any atom is 0.0467 e. The van der Waals surface area contributed by atoms with Gasteiger partial charge in [0, 0.05) is 22.5 Å². The average molecular weight is 798 g/mol. The highest BCUT2D eigenvalue weighted by atomic mass is 15.1. The summed E-state index contributed by atoms with van der Waals surface area (Å²) in [5.74, 6) is 0. The standard InChI is InChI=1S/C61H51N/c1-5-17-45-20-9-10-27-56(45)55-30-16-29-54(42(55)2)50-24-15-26-53(40-50)62(51-35-32-44(33-36-51)43-18-7-6-8-19-43)52-25-14-23-48(39-52)46-21-13-22-47(38-46)49-34-37-60-58(41-49)57-28-11-12-31-59(57)61(60,3)4/h6-16,18-41H,5,17H2,1-4H3. The molecule has 0 aliphatic heterocycles. The number of nitrogens with zero attached hydrogens (tertiary/aromatic N) is 1. The summed E-state index contributed by atoms with van der Waals surface area (Å²) >= 11 is 0. The van der Waals surface area contributed by atoms with Crippen LogP contribution in [0.4, 0.5) is 17.1 Å². The smallest absolute Gasteiger partial charge is 0.0467 e. The fraction of sp³-hybridized carbons (Fsp3) is 0.115. The molecule has 9 aromatic carbocycles. The van der Waals surface area contributed by atoms with Crippen LogP contribution in [0.5, 0.6) is 0 Å². The lowest BCUT2D eigenvalue weighted by molar-refractivity contribution is 0.660. The van der Waals surface area contributed by atoms with Gasteiger partial charge in [-0.25, -0.2) is 0 Å². The van der Waals surface area contributed by atoms with Gasteiger partial charge in [-0.1, -0.05) is 191 Å². The van der Waals surface area contributed by atoms with E-state index in [1.165, 1.54) is 89.0 Å². The van der Waals surface area contributed by atoms with Crippen LogP contribution >= 0.6 is 0 Å². The molecule has 0 unspecified atom stereocenters. The molecule has 62 heavy (non-hydrogen) atoms. The predicted octanol–water partition coefficient (Wildman–Crippen LogP) is 17.1. The zero-order valence-electron chi connectivity index (χ0n) is 36.1. The van der Waals surface area contributed by atoms with E-state index in [1.807, 2.05) is 0 Å². The van der Waals surface area contributed by atoms with Crippen LogP contribution in [0.15, 0.2) is 212 Å². The number of hydrogen-bond donors (Lipinski definition) is 0. The largest absolute Gasteiger partial charge is 0.310 e. The second-order valence-corrected chi connectivity index (χ2v) is 17.2. The summed E-state index contributed by atoms with van der Waals surface area (Å²) in [7, 11) is 0. The second-order valence-electron chi connectivity index (χ2n) is 17.2. The number of rotatable bonds is 10. The van der Waals surface area contributed by atoms with E-state index < -0.39 is 0 Å². The molecule has 1 heteroatoms. The number of benzene rings is 9. The van der Waals surface area contributed by atoms with Crippen molar-refractivity contribution in [1.82, 2.24) is 0 Å². The Morgan fingerprint density at radius 3 is 1.60 bits per heavy atom. The summed E-state index contributed by atoms with van der Waals surface area (Å²) in [6.45, 7) is 9.22. The Morgan fingerprint density at radius 2 is 0.855 bits per heavy atom. The average Bonchev–Trinajstić information content (AvgIpc) is 3.55. The van der Waals surface area contributed by atoms with Gasteiger partial charge in [0.25, 0.3) is 0 Å². The van der Waals surface area contributed by atoms with Gasteiger partial charge in [0.15, 0.2) is 0 Å². The van der Waals surface area contributed by atoms with Crippen LogP contribution in [0.3, 0.4) is 0 Å². The van der Waals surface area contributed by atoms with E-state index in [9.17, 15) is 0 Å². The fourth-order valence-corrected chi connectivity index (χ4v) is 9.81. The first-order valence-electron chi connectivity index (χ1n) is 22.1. The van der Waals surface area contributed by atoms with Crippen molar-refractivity contribution in [2.24, 2.45) is 0 Å². The number of anilines is 3. The summed E-state index contributed by atoms with van der Waals surface area (Å²) in [6.07, 6.45) is 2.19. The van der Waals surface area contributed by atoms with Gasteiger partial charge in [-0.2, -0.15) is 0 Å². The molecule has 1 nitrogen and oxygen atoms in total. The third-order valence-electron chi connectivity index (χ3n) is 13.0. The molecule has 0 saturated carbocycles. The Kier molecular flexibility index (Phi) is 10.3. The first-order chi connectivity index (χ1) is 30.4. The van der Waals surface area contributed by atoms with Crippen molar-refractivity contribution in [1.29, 1.82) is 0 Å². The quantitative estimate of drug-likeness (QED) is 0.133. The number of aryl methyl sites for hydroxylation is 1. The molecule has 0 fully saturated rings. The lowest BCUT2D eigenvalue weighted by Gasteiger charge is -2.27. The van der Waals surface area contributed by atoms with E-state index in [4.69, 9.17) is 0 Å². The predicted molar refractivity (Wildman–Crippen MR) is 265 cm³/mol. The molecule has 0 bridgehead atoms. The van der Waals surface area contributed by atoms with Crippen LogP contribution in [0.25, 0.3) is 66.8 Å². The molecule has 300 valence electrons. The Morgan fingerprint density at radius 1 is 0.355 bits per heavy atom. The van der Waals surface area contributed by atoms with Crippen LogP contribution in [-0.2, 0) is 11.8 Å². The van der Waals surface area contributed by atoms with Crippen LogP contribution in [0, 0.1) is 6.92 Å². The molecule has 0 spiro atoms. The van der Waals surface area contributed by atoms with Crippen LogP contribution < -0.4 is 4.90 Å². The molecule has 0 amide bonds. The summed E-state index contributed by atoms with van der Waals surface area (Å²) in [4.78, 5) is 2.40. The highest BCUT2D eigenvalue weighted by molar-refractivity contribution is 5.88. The van der Waals surface area contributed by atoms with Gasteiger partial charge in [-0.05, 0) is 151 Å². The maximum atomic E-state index is 2.40. The highest BCUT2D eigenvalue weighted by Gasteiger charge is 2.35. The maximum absolute atomic E-state index is 2.40. The van der Waals surface area contributed by atoms with E-state index in [2.05, 4.69) is 245 Å². The summed E-state index contributed by atoms with van der Waals surface area (Å²) in [5.41, 5.74) is 23.8. The van der Waals surface area contributed by atoms with Gasteiger partial charge < -0.3 is 4.90 Å². The topological polar surface area (TPSA) is 3.24 Å². The molecule has 0 N–H and O–H groups in total. The van der Waals surface area contributed by atoms with Gasteiger partial charge in [-0.15, -0.1) is 0 Å². The first kappa shape index (κ1) is 38.9. The van der Waals surface area contributed by atoms with E-state index in [0.717, 1.165) is 29.9 Å². The minimum atomic E-state index is -0.0106. The molecular formula is C61H51N. The summed E-state index contributed by atoms with van der Waals surface area (Å²) in [6, 6.07) is 78.3. The third-order valence-corrected chi connectivity index (χ3v) is 13.0. The van der Waals surface area contributed by atoms with Gasteiger partial charge in [0.2, 0.25) is 0 Å². The molecule has 0 aromatic heterocycles. The van der Waals surface area contributed by atoms with Crippen molar-refractivity contribution in [2.75, 3.05) is 4.90 Å². The van der Waals surface area contributed by atoms with E-state index in [0.29, 0.717) is 0 Å². The van der Waals surface area contributed by atoms with Gasteiger partial charge in [-0.3, -0.25) is 0 Å². The molecule has 0 radical (unpaired) electrons. The highest BCUT2D eigenvalue weighted by Crippen LogP contribution is 2.50. The normalized spacial score (nSPS) is 12.5. The van der Waals surface area contributed by atoms with Crippen molar-refractivity contribution in [2.45, 2.75) is 46.0 Å². The minimum absolute atomic E-state index is 0.0106. The van der Waals surface area contributed by atoms with Crippen molar-refractivity contribution < 1.29 is 0 Å². The summed E-state index contributed by atoms with van der Waals surface area (Å²) in [5, 5.41) is 0. The SMILES string of the molecule is CCCc1ccccc1-c1cccc(-c2cccc(N(c3ccc(-c4ccccc4)cc3)c3cccc(-c4cccc(-c5ccc6c(c5)-c5ccccc5C6(C)C)c4)c3)c2)c1C. The number of fused-ring (bicyclic) bond motifs is 3. The van der Waals surface area contributed by atoms with Crippen molar-refractivity contribution >= 4 is 17.1 Å². The zero-order valence-corrected chi connectivity index (χ0v) is 36.1. The van der Waals surface area contributed by atoms with Crippen LogP contribution in [0.1, 0.15) is 49.4 Å². The zero-order chi connectivity index (χ0) is 42.2. The molecule has 0 atom stereocenters. The minimum Gasteiger partial charge on any atom is -0.310 e. The van der Waals surface area contributed by atoms with Crippen molar-refractivity contribution in [3.63, 3.8) is 0 Å². The molecule has 0 saturated heterocycles. The van der Waals surface area contributed by atoms with Gasteiger partial charge in [0.05, 0.1) is 0 Å². The Bertz CT molecular complexity index is 3060. The Labute approximate surface area is 367 Å². The molecule has 10 rings (SSSR count). The lowest BCUT2D eigenvalue weighted by Crippen LogP contribution is -2.14. The van der Waals surface area contributed by atoms with Gasteiger partial charge >= 0.3 is 0 Å². The summed E-state index contributed by atoms with van der Waals surface area (Å²) < 4.78 is 0. The molecule has 1 aliphatic rings. The van der Waals surface area contributed by atoms with Crippen LogP contribution in [0.2, 0.25) is 0 Å². The third kappa shape index (κ3) is 7.14. The van der Waals surface area contributed by atoms with Crippen molar-refractivity contribution in [3.8, 4) is 66.8 Å². The Balaban J connectivity index is 1.05. The monoisotopic (exact) mass is 797 g/mol. The first-order valence-corrected chi connectivity index (χ1v) is 22.1.